The largest absolute Gasteiger partial charge is 0.361 e. The number of aromatic nitrogens is 1. The number of fused-ring (bicyclic) bond motifs is 1. The van der Waals surface area contributed by atoms with Gasteiger partial charge in [0.05, 0.1) is 12.2 Å². The Morgan fingerprint density at radius 3 is 3.14 bits per heavy atom. The SMILES string of the molecule is Cc1csc(NC(=O)CN2CCNCc3ccccc32)n1. The predicted molar refractivity (Wildman–Crippen MR) is 85.8 cm³/mol. The molecule has 1 aliphatic rings. The van der Waals surface area contributed by atoms with E-state index in [2.05, 4.69) is 32.7 Å². The summed E-state index contributed by atoms with van der Waals surface area (Å²) in [5.41, 5.74) is 3.29. The lowest BCUT2D eigenvalue weighted by atomic mass is 10.1. The van der Waals surface area contributed by atoms with E-state index in [1.807, 2.05) is 24.4 Å². The van der Waals surface area contributed by atoms with Crippen LogP contribution in [-0.4, -0.2) is 30.5 Å². The fraction of sp³-hybridized carbons (Fsp3) is 0.333. The first-order chi connectivity index (χ1) is 10.2. The van der Waals surface area contributed by atoms with Crippen LogP contribution < -0.4 is 15.5 Å². The van der Waals surface area contributed by atoms with Crippen LogP contribution in [0.5, 0.6) is 0 Å². The molecule has 21 heavy (non-hydrogen) atoms. The van der Waals surface area contributed by atoms with Crippen LogP contribution >= 0.6 is 11.3 Å². The van der Waals surface area contributed by atoms with Crippen LogP contribution in [0.1, 0.15) is 11.3 Å². The number of nitrogens with one attached hydrogen (secondary N) is 2. The molecule has 3 rings (SSSR count). The molecule has 5 nitrogen and oxygen atoms in total. The van der Waals surface area contributed by atoms with E-state index in [0.717, 1.165) is 31.0 Å². The zero-order valence-electron chi connectivity index (χ0n) is 11.9. The molecule has 2 N–H and O–H groups in total. The third-order valence-corrected chi connectivity index (χ3v) is 4.28. The third kappa shape index (κ3) is 3.40. The second kappa shape index (κ2) is 6.24. The van der Waals surface area contributed by atoms with Gasteiger partial charge in [-0.05, 0) is 18.6 Å². The molecule has 2 heterocycles. The van der Waals surface area contributed by atoms with Crippen molar-refractivity contribution in [3.05, 3.63) is 40.9 Å². The van der Waals surface area contributed by atoms with Crippen molar-refractivity contribution in [2.75, 3.05) is 29.9 Å². The van der Waals surface area contributed by atoms with Gasteiger partial charge in [-0.1, -0.05) is 18.2 Å². The van der Waals surface area contributed by atoms with E-state index in [1.54, 1.807) is 0 Å². The number of amides is 1. The zero-order chi connectivity index (χ0) is 14.7. The van der Waals surface area contributed by atoms with Crippen LogP contribution in [-0.2, 0) is 11.3 Å². The molecule has 0 radical (unpaired) electrons. The summed E-state index contributed by atoms with van der Waals surface area (Å²) >= 11 is 1.46. The summed E-state index contributed by atoms with van der Waals surface area (Å²) in [5, 5.41) is 8.84. The summed E-state index contributed by atoms with van der Waals surface area (Å²) in [6.07, 6.45) is 0. The first-order valence-corrected chi connectivity index (χ1v) is 7.86. The van der Waals surface area contributed by atoms with Crippen LogP contribution in [0, 0.1) is 6.92 Å². The molecule has 0 saturated carbocycles. The highest BCUT2D eigenvalue weighted by atomic mass is 32.1. The number of hydrogen-bond donors (Lipinski definition) is 2. The summed E-state index contributed by atoms with van der Waals surface area (Å²) in [4.78, 5) is 18.6. The third-order valence-electron chi connectivity index (χ3n) is 3.41. The minimum atomic E-state index is -0.0268. The van der Waals surface area contributed by atoms with Crippen molar-refractivity contribution in [2.24, 2.45) is 0 Å². The Bertz CT molecular complexity index is 640. The molecule has 0 aliphatic carbocycles. The first-order valence-electron chi connectivity index (χ1n) is 6.98. The van der Waals surface area contributed by atoms with Gasteiger partial charge in [0.15, 0.2) is 5.13 Å². The first kappa shape index (κ1) is 14.0. The van der Waals surface area contributed by atoms with E-state index in [9.17, 15) is 4.79 Å². The molecule has 0 bridgehead atoms. The summed E-state index contributed by atoms with van der Waals surface area (Å²) in [6.45, 7) is 4.81. The minimum Gasteiger partial charge on any atom is -0.361 e. The quantitative estimate of drug-likeness (QED) is 0.910. The normalized spacial score (nSPS) is 14.4. The standard InChI is InChI=1S/C15H18N4OS/c1-11-10-21-15(17-11)18-14(20)9-19-7-6-16-8-12-4-2-3-5-13(12)19/h2-5,10,16H,6-9H2,1H3,(H,17,18,20). The Balaban J connectivity index is 1.70. The number of carbonyl (C=O) groups is 1. The molecule has 1 amide bonds. The maximum Gasteiger partial charge on any atom is 0.245 e. The van der Waals surface area contributed by atoms with Gasteiger partial charge in [0, 0.05) is 30.7 Å². The Kier molecular flexibility index (Phi) is 4.17. The summed E-state index contributed by atoms with van der Waals surface area (Å²) < 4.78 is 0. The van der Waals surface area contributed by atoms with E-state index in [-0.39, 0.29) is 5.91 Å². The molecule has 0 saturated heterocycles. The van der Waals surface area contributed by atoms with Gasteiger partial charge in [-0.15, -0.1) is 11.3 Å². The van der Waals surface area contributed by atoms with Gasteiger partial charge >= 0.3 is 0 Å². The van der Waals surface area contributed by atoms with Crippen molar-refractivity contribution in [3.8, 4) is 0 Å². The molecule has 0 atom stereocenters. The van der Waals surface area contributed by atoms with E-state index < -0.39 is 0 Å². The Morgan fingerprint density at radius 1 is 1.48 bits per heavy atom. The molecule has 0 unspecified atom stereocenters. The van der Waals surface area contributed by atoms with E-state index in [1.165, 1.54) is 16.9 Å². The van der Waals surface area contributed by atoms with Gasteiger partial charge < -0.3 is 15.5 Å². The number of thiazole rings is 1. The molecular formula is C15H18N4OS. The smallest absolute Gasteiger partial charge is 0.245 e. The van der Waals surface area contributed by atoms with Crippen molar-refractivity contribution < 1.29 is 4.79 Å². The second-order valence-corrected chi connectivity index (χ2v) is 5.93. The predicted octanol–water partition coefficient (Wildman–Crippen LogP) is 2.00. The molecular weight excluding hydrogens is 284 g/mol. The number of para-hydroxylation sites is 1. The van der Waals surface area contributed by atoms with Gasteiger partial charge in [-0.2, -0.15) is 0 Å². The molecule has 1 aliphatic heterocycles. The van der Waals surface area contributed by atoms with Crippen LogP contribution in [0.2, 0.25) is 0 Å². The summed E-state index contributed by atoms with van der Waals surface area (Å²) in [6, 6.07) is 8.22. The van der Waals surface area contributed by atoms with Gasteiger partial charge in [0.25, 0.3) is 0 Å². The summed E-state index contributed by atoms with van der Waals surface area (Å²) in [5.74, 6) is -0.0268. The lowest BCUT2D eigenvalue weighted by molar-refractivity contribution is -0.115. The van der Waals surface area contributed by atoms with E-state index >= 15 is 0 Å². The topological polar surface area (TPSA) is 57.3 Å². The van der Waals surface area contributed by atoms with Gasteiger partial charge in [-0.3, -0.25) is 4.79 Å². The molecule has 1 aromatic carbocycles. The number of benzene rings is 1. The molecule has 0 fully saturated rings. The van der Waals surface area contributed by atoms with Crippen molar-refractivity contribution in [1.29, 1.82) is 0 Å². The molecule has 0 spiro atoms. The van der Waals surface area contributed by atoms with E-state index in [4.69, 9.17) is 0 Å². The second-order valence-electron chi connectivity index (χ2n) is 5.07. The monoisotopic (exact) mass is 302 g/mol. The van der Waals surface area contributed by atoms with Gasteiger partial charge in [0.1, 0.15) is 0 Å². The minimum absolute atomic E-state index is 0.0268. The number of hydrogen-bond acceptors (Lipinski definition) is 5. The Labute approximate surface area is 128 Å². The number of anilines is 2. The van der Waals surface area contributed by atoms with Crippen molar-refractivity contribution in [2.45, 2.75) is 13.5 Å². The number of nitrogens with zero attached hydrogens (tertiary/aromatic N) is 2. The van der Waals surface area contributed by atoms with Crippen molar-refractivity contribution in [1.82, 2.24) is 10.3 Å². The molecule has 110 valence electrons. The van der Waals surface area contributed by atoms with Crippen LogP contribution in [0.3, 0.4) is 0 Å². The summed E-state index contributed by atoms with van der Waals surface area (Å²) in [7, 11) is 0. The fourth-order valence-electron chi connectivity index (χ4n) is 2.43. The lowest BCUT2D eigenvalue weighted by Gasteiger charge is -2.23. The van der Waals surface area contributed by atoms with Crippen molar-refractivity contribution >= 4 is 28.1 Å². The number of rotatable bonds is 3. The molecule has 2 aromatic rings. The van der Waals surface area contributed by atoms with Crippen LogP contribution in [0.4, 0.5) is 10.8 Å². The van der Waals surface area contributed by atoms with Gasteiger partial charge in [-0.25, -0.2) is 4.98 Å². The number of aryl methyl sites for hydroxylation is 1. The molecule has 6 heteroatoms. The highest BCUT2D eigenvalue weighted by Crippen LogP contribution is 2.22. The average Bonchev–Trinajstić information content (AvgIpc) is 2.77. The highest BCUT2D eigenvalue weighted by Gasteiger charge is 2.17. The Morgan fingerprint density at radius 2 is 2.33 bits per heavy atom. The highest BCUT2D eigenvalue weighted by molar-refractivity contribution is 7.13. The lowest BCUT2D eigenvalue weighted by Crippen LogP contribution is -2.36. The Hall–Kier alpha value is -1.92. The fourth-order valence-corrected chi connectivity index (χ4v) is 3.14. The van der Waals surface area contributed by atoms with Crippen LogP contribution in [0.25, 0.3) is 0 Å². The van der Waals surface area contributed by atoms with E-state index in [0.29, 0.717) is 11.7 Å². The maximum atomic E-state index is 12.2. The zero-order valence-corrected chi connectivity index (χ0v) is 12.7. The maximum absolute atomic E-state index is 12.2. The number of carbonyl (C=O) groups excluding carboxylic acids is 1. The van der Waals surface area contributed by atoms with Gasteiger partial charge in [0.2, 0.25) is 5.91 Å². The molecule has 1 aromatic heterocycles. The average molecular weight is 302 g/mol. The van der Waals surface area contributed by atoms with Crippen molar-refractivity contribution in [3.63, 3.8) is 0 Å². The van der Waals surface area contributed by atoms with Crippen LogP contribution in [0.15, 0.2) is 29.6 Å².